The number of benzene rings is 1. The third kappa shape index (κ3) is 5.24. The van der Waals surface area contributed by atoms with Crippen molar-refractivity contribution in [2.24, 2.45) is 0 Å². The lowest BCUT2D eigenvalue weighted by molar-refractivity contribution is 0.0897. The number of aromatic nitrogens is 1. The molecule has 1 amide bonds. The second-order valence-electron chi connectivity index (χ2n) is 9.36. The van der Waals surface area contributed by atoms with Gasteiger partial charge >= 0.3 is 0 Å². The maximum atomic E-state index is 14.1. The summed E-state index contributed by atoms with van der Waals surface area (Å²) >= 11 is 0. The van der Waals surface area contributed by atoms with Crippen LogP contribution in [-0.4, -0.2) is 84.2 Å². The van der Waals surface area contributed by atoms with Gasteiger partial charge in [-0.3, -0.25) is 9.69 Å². The molecule has 1 aliphatic carbocycles. The van der Waals surface area contributed by atoms with Crippen LogP contribution in [0.15, 0.2) is 18.2 Å². The SMILES string of the molecule is Cc1ccc(F)c2cc(C(=O)N[C@@H]3CCC[C@H](N4CC[C@@H](N(CCO)S(C)(=O)=O)C4)C3)[nH]c12. The summed E-state index contributed by atoms with van der Waals surface area (Å²) in [7, 11) is -3.38. The second-order valence-corrected chi connectivity index (χ2v) is 11.3. The highest BCUT2D eigenvalue weighted by Crippen LogP contribution is 2.29. The maximum absolute atomic E-state index is 14.1. The average Bonchev–Trinajstić information content (AvgIpc) is 3.42. The normalized spacial score (nSPS) is 24.6. The number of halogens is 1. The van der Waals surface area contributed by atoms with E-state index in [9.17, 15) is 22.7 Å². The van der Waals surface area contributed by atoms with Gasteiger partial charge in [-0.25, -0.2) is 12.8 Å². The Labute approximate surface area is 194 Å². The Kier molecular flexibility index (Phi) is 7.09. The van der Waals surface area contributed by atoms with Crippen LogP contribution in [0.5, 0.6) is 0 Å². The number of hydrogen-bond donors (Lipinski definition) is 3. The standard InChI is InChI=1S/C23H33FN4O4S/c1-15-6-7-20(24)19-13-21(26-22(15)19)23(30)25-16-4-3-5-17(12-16)27-9-8-18(14-27)28(10-11-29)33(2,31)32/h6-7,13,16-18,26,29H,3-5,8-12,14H2,1-2H3,(H,25,30)/t16-,17+,18-/m1/s1. The van der Waals surface area contributed by atoms with Gasteiger partial charge in [0.2, 0.25) is 10.0 Å². The minimum absolute atomic E-state index is 0.0103. The molecule has 1 aromatic carbocycles. The Balaban J connectivity index is 1.39. The number of carbonyl (C=O) groups is 1. The molecule has 0 bridgehead atoms. The summed E-state index contributed by atoms with van der Waals surface area (Å²) in [5.74, 6) is -0.585. The summed E-state index contributed by atoms with van der Waals surface area (Å²) in [6, 6.07) is 4.82. The van der Waals surface area contributed by atoms with E-state index in [2.05, 4.69) is 15.2 Å². The van der Waals surface area contributed by atoms with Crippen molar-refractivity contribution in [1.82, 2.24) is 19.5 Å². The minimum atomic E-state index is -3.38. The van der Waals surface area contributed by atoms with E-state index in [0.717, 1.165) is 44.2 Å². The van der Waals surface area contributed by atoms with Crippen LogP contribution in [0.3, 0.4) is 0 Å². The first-order chi connectivity index (χ1) is 15.7. The van der Waals surface area contributed by atoms with Gasteiger partial charge in [-0.05, 0) is 56.7 Å². The minimum Gasteiger partial charge on any atom is -0.395 e. The molecule has 1 saturated carbocycles. The third-order valence-corrected chi connectivity index (χ3v) is 8.37. The van der Waals surface area contributed by atoms with Gasteiger partial charge in [-0.15, -0.1) is 0 Å². The number of aryl methyl sites for hydroxylation is 1. The van der Waals surface area contributed by atoms with Gasteiger partial charge in [0.05, 0.1) is 18.4 Å². The van der Waals surface area contributed by atoms with Crippen molar-refractivity contribution < 1.29 is 22.7 Å². The molecule has 33 heavy (non-hydrogen) atoms. The zero-order chi connectivity index (χ0) is 23.8. The van der Waals surface area contributed by atoms with E-state index in [4.69, 9.17) is 0 Å². The van der Waals surface area contributed by atoms with Gasteiger partial charge in [-0.2, -0.15) is 4.31 Å². The highest BCUT2D eigenvalue weighted by atomic mass is 32.2. The molecule has 2 aromatic rings. The number of fused-ring (bicyclic) bond motifs is 1. The molecule has 10 heteroatoms. The number of H-pyrrole nitrogens is 1. The van der Waals surface area contributed by atoms with E-state index < -0.39 is 10.0 Å². The number of amides is 1. The first kappa shape index (κ1) is 24.1. The van der Waals surface area contributed by atoms with Crippen molar-refractivity contribution >= 4 is 26.8 Å². The predicted octanol–water partition coefficient (Wildman–Crippen LogP) is 1.98. The van der Waals surface area contributed by atoms with Gasteiger partial charge in [0.25, 0.3) is 5.91 Å². The molecule has 2 fully saturated rings. The molecule has 3 atom stereocenters. The zero-order valence-electron chi connectivity index (χ0n) is 19.2. The van der Waals surface area contributed by atoms with E-state index in [1.807, 2.05) is 6.92 Å². The molecular formula is C23H33FN4O4S. The number of likely N-dealkylation sites (tertiary alicyclic amines) is 1. The summed E-state index contributed by atoms with van der Waals surface area (Å²) in [6.45, 7) is 3.23. The topological polar surface area (TPSA) is 106 Å². The number of aliphatic hydroxyl groups excluding tert-OH is 1. The number of aliphatic hydroxyl groups is 1. The zero-order valence-corrected chi connectivity index (χ0v) is 20.0. The lowest BCUT2D eigenvalue weighted by atomic mass is 9.90. The van der Waals surface area contributed by atoms with Crippen LogP contribution in [-0.2, 0) is 10.0 Å². The van der Waals surface area contributed by atoms with Crippen molar-refractivity contribution in [3.05, 3.63) is 35.3 Å². The van der Waals surface area contributed by atoms with Crippen molar-refractivity contribution in [3.8, 4) is 0 Å². The lowest BCUT2D eigenvalue weighted by Gasteiger charge is -2.36. The van der Waals surface area contributed by atoms with Gasteiger partial charge in [-0.1, -0.05) is 6.07 Å². The second kappa shape index (κ2) is 9.69. The number of nitrogens with one attached hydrogen (secondary N) is 2. The molecule has 1 saturated heterocycles. The van der Waals surface area contributed by atoms with Crippen LogP contribution in [0, 0.1) is 12.7 Å². The van der Waals surface area contributed by atoms with Crippen LogP contribution in [0.2, 0.25) is 0 Å². The van der Waals surface area contributed by atoms with E-state index in [0.29, 0.717) is 23.1 Å². The Morgan fingerprint density at radius 2 is 2.12 bits per heavy atom. The van der Waals surface area contributed by atoms with Crippen molar-refractivity contribution in [2.45, 2.75) is 57.2 Å². The summed E-state index contributed by atoms with van der Waals surface area (Å²) in [4.78, 5) is 18.3. The Morgan fingerprint density at radius 1 is 1.33 bits per heavy atom. The molecule has 1 aliphatic heterocycles. The molecule has 3 N–H and O–H groups in total. The quantitative estimate of drug-likeness (QED) is 0.562. The largest absolute Gasteiger partial charge is 0.395 e. The Bertz CT molecular complexity index is 1080. The monoisotopic (exact) mass is 480 g/mol. The molecule has 182 valence electrons. The molecule has 0 spiro atoms. The van der Waals surface area contributed by atoms with Gasteiger partial charge in [0.15, 0.2) is 0 Å². The first-order valence-corrected chi connectivity index (χ1v) is 13.4. The number of aromatic amines is 1. The fourth-order valence-electron chi connectivity index (χ4n) is 5.39. The van der Waals surface area contributed by atoms with Crippen LogP contribution >= 0.6 is 0 Å². The molecule has 2 aliphatic rings. The third-order valence-electron chi connectivity index (χ3n) is 7.04. The van der Waals surface area contributed by atoms with Crippen LogP contribution in [0.4, 0.5) is 4.39 Å². The predicted molar refractivity (Wildman–Crippen MR) is 125 cm³/mol. The van der Waals surface area contributed by atoms with E-state index in [-0.39, 0.29) is 43.0 Å². The first-order valence-electron chi connectivity index (χ1n) is 11.6. The molecule has 1 aromatic heterocycles. The van der Waals surface area contributed by atoms with Gasteiger partial charge in [0.1, 0.15) is 11.5 Å². The van der Waals surface area contributed by atoms with Crippen LogP contribution in [0.1, 0.15) is 48.2 Å². The fourth-order valence-corrected chi connectivity index (χ4v) is 6.52. The molecule has 8 nitrogen and oxygen atoms in total. The van der Waals surface area contributed by atoms with Crippen LogP contribution in [0.25, 0.3) is 10.9 Å². The smallest absolute Gasteiger partial charge is 0.267 e. The molecular weight excluding hydrogens is 447 g/mol. The number of rotatable bonds is 7. The summed E-state index contributed by atoms with van der Waals surface area (Å²) in [5, 5.41) is 12.8. The number of sulfonamides is 1. The van der Waals surface area contributed by atoms with E-state index >= 15 is 0 Å². The van der Waals surface area contributed by atoms with Crippen molar-refractivity contribution in [1.29, 1.82) is 0 Å². The highest BCUT2D eigenvalue weighted by molar-refractivity contribution is 7.88. The van der Waals surface area contributed by atoms with E-state index in [1.165, 1.54) is 16.6 Å². The number of carbonyl (C=O) groups excluding carboxylic acids is 1. The van der Waals surface area contributed by atoms with Crippen molar-refractivity contribution in [3.63, 3.8) is 0 Å². The van der Waals surface area contributed by atoms with E-state index in [1.54, 1.807) is 12.1 Å². The fraction of sp³-hybridized carbons (Fsp3) is 0.609. The summed E-state index contributed by atoms with van der Waals surface area (Å²) < 4.78 is 39.8. The Hall–Kier alpha value is -2.01. The van der Waals surface area contributed by atoms with Crippen molar-refractivity contribution in [2.75, 3.05) is 32.5 Å². The summed E-state index contributed by atoms with van der Waals surface area (Å²) in [6.07, 6.45) is 5.59. The average molecular weight is 481 g/mol. The van der Waals surface area contributed by atoms with Gasteiger partial charge in [0, 0.05) is 43.1 Å². The van der Waals surface area contributed by atoms with Gasteiger partial charge < -0.3 is 15.4 Å². The summed E-state index contributed by atoms with van der Waals surface area (Å²) in [5.41, 5.74) is 1.88. The number of nitrogens with zero attached hydrogens (tertiary/aromatic N) is 2. The molecule has 2 heterocycles. The maximum Gasteiger partial charge on any atom is 0.267 e. The highest BCUT2D eigenvalue weighted by Gasteiger charge is 2.37. The lowest BCUT2D eigenvalue weighted by Crippen LogP contribution is -2.47. The molecule has 4 rings (SSSR count). The van der Waals surface area contributed by atoms with Crippen LogP contribution < -0.4 is 5.32 Å². The number of hydrogen-bond acceptors (Lipinski definition) is 5. The Morgan fingerprint density at radius 3 is 2.82 bits per heavy atom. The molecule has 0 unspecified atom stereocenters. The molecule has 0 radical (unpaired) electrons.